The lowest BCUT2D eigenvalue weighted by Crippen LogP contribution is -2.34. The molecule has 154 valence electrons. The molecular formula is C21H23N3O5-2. The van der Waals surface area contributed by atoms with Crippen LogP contribution in [-0.4, -0.2) is 25.1 Å². The summed E-state index contributed by atoms with van der Waals surface area (Å²) in [7, 11) is 0. The summed E-state index contributed by atoms with van der Waals surface area (Å²) < 4.78 is 5.59. The van der Waals surface area contributed by atoms with Crippen molar-refractivity contribution in [3.05, 3.63) is 59.2 Å². The van der Waals surface area contributed by atoms with Gasteiger partial charge in [-0.05, 0) is 55.3 Å². The number of nitrogens with one attached hydrogen (secondary N) is 1. The van der Waals surface area contributed by atoms with Gasteiger partial charge in [-0.15, -0.1) is 0 Å². The van der Waals surface area contributed by atoms with Gasteiger partial charge in [0.2, 0.25) is 0 Å². The number of ether oxygens (including phenoxy) is 1. The third-order valence-electron chi connectivity index (χ3n) is 3.73. The molecule has 0 radical (unpaired) electrons. The number of carboxylic acids is 2. The van der Waals surface area contributed by atoms with E-state index in [1.54, 1.807) is 36.4 Å². The molecule has 8 nitrogen and oxygen atoms in total. The molecule has 8 heteroatoms. The number of carboxylic acid groups (broad SMARTS) is 2. The standard InChI is InChI=1S/C19H21N3O3.C2H4O2/c1-2-13-5-8-17(25-10-9-20)16(11-13)18(19(23)24)22-15-6-3-14(12-21)4-7-15;1-2(3)4/h3-8,11,18,22H,2,9-10,20H2,1H3,(H,23,24);1H3,(H,3,4)/p-2. The van der Waals surface area contributed by atoms with Crippen molar-refractivity contribution in [2.24, 2.45) is 5.73 Å². The van der Waals surface area contributed by atoms with Gasteiger partial charge in [-0.1, -0.05) is 13.0 Å². The summed E-state index contributed by atoms with van der Waals surface area (Å²) in [6.07, 6.45) is 0.765. The molecule has 1 unspecified atom stereocenters. The molecule has 0 spiro atoms. The van der Waals surface area contributed by atoms with Crippen LogP contribution in [-0.2, 0) is 16.0 Å². The number of anilines is 1. The van der Waals surface area contributed by atoms with Crippen LogP contribution < -0.4 is 26.0 Å². The van der Waals surface area contributed by atoms with Crippen molar-refractivity contribution in [1.29, 1.82) is 5.26 Å². The molecule has 2 aromatic carbocycles. The molecule has 0 fully saturated rings. The van der Waals surface area contributed by atoms with Crippen LogP contribution >= 0.6 is 0 Å². The summed E-state index contributed by atoms with van der Waals surface area (Å²) >= 11 is 0. The fourth-order valence-corrected chi connectivity index (χ4v) is 2.42. The minimum absolute atomic E-state index is 0.287. The second-order valence-electron chi connectivity index (χ2n) is 5.94. The highest BCUT2D eigenvalue weighted by Crippen LogP contribution is 2.29. The van der Waals surface area contributed by atoms with Gasteiger partial charge >= 0.3 is 0 Å². The van der Waals surface area contributed by atoms with E-state index in [4.69, 9.17) is 25.6 Å². The monoisotopic (exact) mass is 397 g/mol. The maximum absolute atomic E-state index is 11.7. The second-order valence-corrected chi connectivity index (χ2v) is 5.94. The van der Waals surface area contributed by atoms with E-state index in [2.05, 4.69) is 5.32 Å². The van der Waals surface area contributed by atoms with Crippen molar-refractivity contribution in [2.45, 2.75) is 26.3 Å². The maximum atomic E-state index is 11.7. The van der Waals surface area contributed by atoms with E-state index >= 15 is 0 Å². The number of carbonyl (C=O) groups is 2. The van der Waals surface area contributed by atoms with Crippen LogP contribution in [0.2, 0.25) is 0 Å². The second kappa shape index (κ2) is 12.0. The van der Waals surface area contributed by atoms with Crippen molar-refractivity contribution in [3.8, 4) is 11.8 Å². The van der Waals surface area contributed by atoms with Crippen LogP contribution in [0, 0.1) is 11.3 Å². The van der Waals surface area contributed by atoms with Crippen LogP contribution in [0.15, 0.2) is 42.5 Å². The largest absolute Gasteiger partial charge is 0.550 e. The zero-order valence-electron chi connectivity index (χ0n) is 16.3. The smallest absolute Gasteiger partial charge is 0.125 e. The molecule has 29 heavy (non-hydrogen) atoms. The molecule has 3 N–H and O–H groups in total. The summed E-state index contributed by atoms with van der Waals surface area (Å²) in [4.78, 5) is 20.6. The van der Waals surface area contributed by atoms with E-state index < -0.39 is 18.0 Å². The molecule has 0 aliphatic carbocycles. The average molecular weight is 397 g/mol. The predicted octanol–water partition coefficient (Wildman–Crippen LogP) is 0.117. The summed E-state index contributed by atoms with van der Waals surface area (Å²) in [5, 5.41) is 32.4. The van der Waals surface area contributed by atoms with Crippen molar-refractivity contribution >= 4 is 17.6 Å². The molecule has 0 aliphatic rings. The summed E-state index contributed by atoms with van der Waals surface area (Å²) in [5.74, 6) is -1.90. The van der Waals surface area contributed by atoms with E-state index in [1.807, 2.05) is 19.1 Å². The predicted molar refractivity (Wildman–Crippen MR) is 104 cm³/mol. The number of aryl methyl sites for hydroxylation is 1. The topological polar surface area (TPSA) is 151 Å². The quantitative estimate of drug-likeness (QED) is 0.637. The van der Waals surface area contributed by atoms with Gasteiger partial charge in [-0.25, -0.2) is 0 Å². The highest BCUT2D eigenvalue weighted by Gasteiger charge is 2.18. The first kappa shape index (κ1) is 23.5. The lowest BCUT2D eigenvalue weighted by molar-refractivity contribution is -0.307. The van der Waals surface area contributed by atoms with Gasteiger partial charge in [-0.2, -0.15) is 5.26 Å². The van der Waals surface area contributed by atoms with Crippen LogP contribution in [0.1, 0.15) is 36.6 Å². The lowest BCUT2D eigenvalue weighted by Gasteiger charge is -2.24. The summed E-state index contributed by atoms with van der Waals surface area (Å²) in [5.41, 5.74) is 8.01. The fourth-order valence-electron chi connectivity index (χ4n) is 2.42. The Kier molecular flexibility index (Phi) is 9.71. The number of carbonyl (C=O) groups excluding carboxylic acids is 2. The molecule has 0 saturated carbocycles. The van der Waals surface area contributed by atoms with Gasteiger partial charge in [0.05, 0.1) is 23.6 Å². The van der Waals surface area contributed by atoms with Gasteiger partial charge in [0.25, 0.3) is 0 Å². The third-order valence-corrected chi connectivity index (χ3v) is 3.73. The highest BCUT2D eigenvalue weighted by atomic mass is 16.5. The fraction of sp³-hybridized carbons (Fsp3) is 0.286. The Bertz CT molecular complexity index is 856. The number of nitrogens with zero attached hydrogens (tertiary/aromatic N) is 1. The molecule has 0 bridgehead atoms. The number of hydrogen-bond acceptors (Lipinski definition) is 8. The van der Waals surface area contributed by atoms with Gasteiger partial charge in [0.1, 0.15) is 12.4 Å². The van der Waals surface area contributed by atoms with Gasteiger partial charge in [-0.3, -0.25) is 0 Å². The van der Waals surface area contributed by atoms with E-state index in [0.29, 0.717) is 29.1 Å². The number of benzene rings is 2. The molecule has 2 rings (SSSR count). The van der Waals surface area contributed by atoms with Crippen LogP contribution in [0.5, 0.6) is 5.75 Å². The Morgan fingerprint density at radius 2 is 1.83 bits per heavy atom. The van der Waals surface area contributed by atoms with Crippen molar-refractivity contribution in [2.75, 3.05) is 18.5 Å². The Hall–Kier alpha value is -3.57. The lowest BCUT2D eigenvalue weighted by atomic mass is 10.0. The molecule has 0 amide bonds. The van der Waals surface area contributed by atoms with Crippen molar-refractivity contribution in [1.82, 2.24) is 0 Å². The van der Waals surface area contributed by atoms with E-state index in [0.717, 1.165) is 18.9 Å². The molecule has 0 saturated heterocycles. The first-order chi connectivity index (χ1) is 13.8. The maximum Gasteiger partial charge on any atom is 0.125 e. The molecule has 1 atom stereocenters. The summed E-state index contributed by atoms with van der Waals surface area (Å²) in [6.45, 7) is 3.57. The van der Waals surface area contributed by atoms with Gasteiger partial charge in [0, 0.05) is 23.8 Å². The van der Waals surface area contributed by atoms with Crippen LogP contribution in [0.4, 0.5) is 5.69 Å². The highest BCUT2D eigenvalue weighted by molar-refractivity contribution is 5.79. The summed E-state index contributed by atoms with van der Waals surface area (Å²) in [6, 6.07) is 12.9. The van der Waals surface area contributed by atoms with Crippen LogP contribution in [0.25, 0.3) is 0 Å². The zero-order chi connectivity index (χ0) is 21.8. The number of nitrogens with two attached hydrogens (primary N) is 1. The van der Waals surface area contributed by atoms with E-state index in [9.17, 15) is 9.90 Å². The molecule has 0 aliphatic heterocycles. The average Bonchev–Trinajstić information content (AvgIpc) is 2.70. The van der Waals surface area contributed by atoms with Gasteiger partial charge in [0.15, 0.2) is 0 Å². The van der Waals surface area contributed by atoms with E-state index in [1.165, 1.54) is 0 Å². The Morgan fingerprint density at radius 1 is 1.21 bits per heavy atom. The van der Waals surface area contributed by atoms with Crippen molar-refractivity contribution < 1.29 is 24.5 Å². The van der Waals surface area contributed by atoms with Gasteiger partial charge < -0.3 is 35.6 Å². The van der Waals surface area contributed by atoms with Crippen LogP contribution in [0.3, 0.4) is 0 Å². The molecular weight excluding hydrogens is 374 g/mol. The number of aliphatic carboxylic acids is 2. The zero-order valence-corrected chi connectivity index (χ0v) is 16.3. The number of rotatable bonds is 8. The number of hydrogen-bond donors (Lipinski definition) is 2. The Labute approximate surface area is 169 Å². The Balaban J connectivity index is 0.000000960. The molecule has 0 heterocycles. The SMILES string of the molecule is CC(=O)[O-].CCc1ccc(OCCN)c(C(Nc2ccc(C#N)cc2)C(=O)[O-])c1. The minimum Gasteiger partial charge on any atom is -0.550 e. The number of nitriles is 1. The molecule has 0 aromatic heterocycles. The normalized spacial score (nSPS) is 10.7. The minimum atomic E-state index is -1.27. The third kappa shape index (κ3) is 7.91. The first-order valence-corrected chi connectivity index (χ1v) is 8.93. The van der Waals surface area contributed by atoms with Crippen molar-refractivity contribution in [3.63, 3.8) is 0 Å². The first-order valence-electron chi connectivity index (χ1n) is 8.93. The van der Waals surface area contributed by atoms with E-state index in [-0.39, 0.29) is 6.61 Å². The molecule has 2 aromatic rings. The Morgan fingerprint density at radius 3 is 2.31 bits per heavy atom.